The van der Waals surface area contributed by atoms with Gasteiger partial charge in [-0.25, -0.2) is 13.2 Å². The lowest BCUT2D eigenvalue weighted by molar-refractivity contribution is -0.123. The van der Waals surface area contributed by atoms with Crippen molar-refractivity contribution in [1.29, 1.82) is 0 Å². The van der Waals surface area contributed by atoms with Gasteiger partial charge in [0.2, 0.25) is 0 Å². The number of aryl methyl sites for hydroxylation is 1. The molecule has 0 unspecified atom stereocenters. The number of hydrogen-bond acceptors (Lipinski definition) is 6. The summed E-state index contributed by atoms with van der Waals surface area (Å²) in [4.78, 5) is 24.9. The Hall–Kier alpha value is -2.87. The fraction of sp³-hybridized carbons (Fsp3) is 0.300. The van der Waals surface area contributed by atoms with Crippen LogP contribution in [-0.4, -0.2) is 39.3 Å². The molecule has 8 heteroatoms. The summed E-state index contributed by atoms with van der Waals surface area (Å²) in [6.45, 7) is 5.36. The molecule has 28 heavy (non-hydrogen) atoms. The van der Waals surface area contributed by atoms with E-state index in [4.69, 9.17) is 9.47 Å². The molecule has 0 saturated heterocycles. The van der Waals surface area contributed by atoms with Crippen molar-refractivity contribution in [2.45, 2.75) is 31.8 Å². The summed E-state index contributed by atoms with van der Waals surface area (Å²) in [5.74, 6) is -0.797. The lowest BCUT2D eigenvalue weighted by Crippen LogP contribution is -2.30. The van der Waals surface area contributed by atoms with Crippen LogP contribution < -0.4 is 10.1 Å². The largest absolute Gasteiger partial charge is 0.492 e. The molecule has 0 aliphatic heterocycles. The summed E-state index contributed by atoms with van der Waals surface area (Å²) < 4.78 is 34.1. The van der Waals surface area contributed by atoms with Crippen molar-refractivity contribution < 1.29 is 27.5 Å². The van der Waals surface area contributed by atoms with E-state index in [-0.39, 0.29) is 10.5 Å². The Labute approximate surface area is 164 Å². The number of para-hydroxylation sites is 2. The van der Waals surface area contributed by atoms with Crippen molar-refractivity contribution in [1.82, 2.24) is 0 Å². The third kappa shape index (κ3) is 5.32. The second-order valence-electron chi connectivity index (χ2n) is 6.21. The molecule has 0 fully saturated rings. The minimum Gasteiger partial charge on any atom is -0.492 e. The number of benzene rings is 2. The van der Waals surface area contributed by atoms with Crippen LogP contribution in [0.2, 0.25) is 0 Å². The highest BCUT2D eigenvalue weighted by Gasteiger charge is 2.22. The quantitative estimate of drug-likeness (QED) is 0.711. The highest BCUT2D eigenvalue weighted by Crippen LogP contribution is 2.24. The molecule has 2 rings (SSSR count). The highest BCUT2D eigenvalue weighted by atomic mass is 32.2. The van der Waals surface area contributed by atoms with Crippen LogP contribution in [0.25, 0.3) is 0 Å². The van der Waals surface area contributed by atoms with E-state index >= 15 is 0 Å². The number of rotatable bonds is 7. The number of nitrogens with one attached hydrogen (secondary N) is 1. The van der Waals surface area contributed by atoms with E-state index in [0.717, 1.165) is 6.26 Å². The van der Waals surface area contributed by atoms with Gasteiger partial charge in [0.25, 0.3) is 5.91 Å². The van der Waals surface area contributed by atoms with E-state index < -0.39 is 27.8 Å². The molecule has 1 amide bonds. The molecule has 0 aliphatic rings. The van der Waals surface area contributed by atoms with Gasteiger partial charge in [0.15, 0.2) is 15.9 Å². The Morgan fingerprint density at radius 2 is 1.82 bits per heavy atom. The summed E-state index contributed by atoms with van der Waals surface area (Å²) in [6.07, 6.45) is -0.0398. The first-order valence-corrected chi connectivity index (χ1v) is 10.6. The van der Waals surface area contributed by atoms with Crippen LogP contribution in [0.1, 0.15) is 29.8 Å². The van der Waals surface area contributed by atoms with Crippen molar-refractivity contribution >= 4 is 27.4 Å². The van der Waals surface area contributed by atoms with Gasteiger partial charge in [0.05, 0.1) is 22.8 Å². The number of amides is 1. The zero-order valence-electron chi connectivity index (χ0n) is 16.2. The van der Waals surface area contributed by atoms with Gasteiger partial charge >= 0.3 is 5.97 Å². The number of ether oxygens (including phenoxy) is 2. The van der Waals surface area contributed by atoms with Crippen molar-refractivity contribution in [2.24, 2.45) is 0 Å². The van der Waals surface area contributed by atoms with Crippen molar-refractivity contribution in [2.75, 3.05) is 18.2 Å². The Balaban J connectivity index is 2.13. The molecule has 0 bridgehead atoms. The molecule has 0 saturated carbocycles. The number of anilines is 1. The topological polar surface area (TPSA) is 98.8 Å². The summed E-state index contributed by atoms with van der Waals surface area (Å²) in [7, 11) is -3.47. The van der Waals surface area contributed by atoms with E-state index in [1.165, 1.54) is 25.1 Å². The lowest BCUT2D eigenvalue weighted by atomic mass is 10.1. The number of sulfone groups is 1. The van der Waals surface area contributed by atoms with Crippen LogP contribution in [0.5, 0.6) is 5.75 Å². The molecule has 150 valence electrons. The Kier molecular flexibility index (Phi) is 6.80. The predicted octanol–water partition coefficient (Wildman–Crippen LogP) is 2.98. The molecule has 1 N–H and O–H groups in total. The maximum absolute atomic E-state index is 12.5. The van der Waals surface area contributed by atoms with Crippen molar-refractivity contribution in [3.8, 4) is 5.75 Å². The highest BCUT2D eigenvalue weighted by molar-refractivity contribution is 7.90. The van der Waals surface area contributed by atoms with Gasteiger partial charge in [-0.05, 0) is 50.6 Å². The zero-order chi connectivity index (χ0) is 20.9. The van der Waals surface area contributed by atoms with Gasteiger partial charge in [-0.15, -0.1) is 0 Å². The first-order chi connectivity index (χ1) is 13.1. The summed E-state index contributed by atoms with van der Waals surface area (Å²) in [5, 5.41) is 2.67. The standard InChI is InChI=1S/C20H23NO6S/c1-5-26-18-9-7-6-8-17(18)21-19(22)14(3)27-20(23)16-12-15(28(4,24)25)11-10-13(16)2/h6-12,14H,5H2,1-4H3,(H,21,22)/t14-/m1/s1. The maximum atomic E-state index is 12.5. The minimum absolute atomic E-state index is 0.00722. The molecule has 2 aromatic rings. The van der Waals surface area contributed by atoms with Crippen molar-refractivity contribution in [3.63, 3.8) is 0 Å². The Morgan fingerprint density at radius 3 is 2.46 bits per heavy atom. The SMILES string of the molecule is CCOc1ccccc1NC(=O)[C@@H](C)OC(=O)c1cc(S(C)(=O)=O)ccc1C. The number of carbonyl (C=O) groups is 2. The van der Waals surface area contributed by atoms with Crippen LogP contribution in [0, 0.1) is 6.92 Å². The van der Waals surface area contributed by atoms with E-state index in [1.54, 1.807) is 31.2 Å². The molecule has 7 nitrogen and oxygen atoms in total. The van der Waals surface area contributed by atoms with Gasteiger partial charge in [0.1, 0.15) is 5.75 Å². The summed E-state index contributed by atoms with van der Waals surface area (Å²) >= 11 is 0. The third-order valence-electron chi connectivity index (χ3n) is 3.95. The van der Waals surface area contributed by atoms with E-state index in [9.17, 15) is 18.0 Å². The predicted molar refractivity (Wildman–Crippen MR) is 105 cm³/mol. The molecule has 0 radical (unpaired) electrons. The van der Waals surface area contributed by atoms with Crippen LogP contribution in [-0.2, 0) is 19.4 Å². The van der Waals surface area contributed by atoms with Crippen molar-refractivity contribution in [3.05, 3.63) is 53.6 Å². The smallest absolute Gasteiger partial charge is 0.339 e. The molecular weight excluding hydrogens is 382 g/mol. The fourth-order valence-electron chi connectivity index (χ4n) is 2.41. The molecular formula is C20H23NO6S. The average Bonchev–Trinajstić information content (AvgIpc) is 2.62. The lowest BCUT2D eigenvalue weighted by Gasteiger charge is -2.16. The molecule has 0 aliphatic carbocycles. The summed E-state index contributed by atoms with van der Waals surface area (Å²) in [5.41, 5.74) is 1.11. The third-order valence-corrected chi connectivity index (χ3v) is 5.07. The van der Waals surface area contributed by atoms with Crippen LogP contribution >= 0.6 is 0 Å². The second kappa shape index (κ2) is 8.88. The number of carbonyl (C=O) groups excluding carboxylic acids is 2. The number of hydrogen-bond donors (Lipinski definition) is 1. The number of esters is 1. The average molecular weight is 405 g/mol. The van der Waals surface area contributed by atoms with Gasteiger partial charge in [0, 0.05) is 6.26 Å². The maximum Gasteiger partial charge on any atom is 0.339 e. The minimum atomic E-state index is -3.47. The summed E-state index contributed by atoms with van der Waals surface area (Å²) in [6, 6.07) is 11.1. The normalized spacial score (nSPS) is 12.1. The monoisotopic (exact) mass is 405 g/mol. The molecule has 2 aromatic carbocycles. The second-order valence-corrected chi connectivity index (χ2v) is 8.23. The first kappa shape index (κ1) is 21.4. The van der Waals surface area contributed by atoms with Gasteiger partial charge in [-0.3, -0.25) is 4.79 Å². The first-order valence-electron chi connectivity index (χ1n) is 8.68. The van der Waals surface area contributed by atoms with Crippen LogP contribution in [0.15, 0.2) is 47.4 Å². The molecule has 1 atom stereocenters. The van der Waals surface area contributed by atoms with E-state index in [1.807, 2.05) is 6.92 Å². The Morgan fingerprint density at radius 1 is 1.14 bits per heavy atom. The molecule has 0 heterocycles. The van der Waals surface area contributed by atoms with Crippen LogP contribution in [0.3, 0.4) is 0 Å². The van der Waals surface area contributed by atoms with Crippen LogP contribution in [0.4, 0.5) is 5.69 Å². The Bertz CT molecular complexity index is 984. The molecule has 0 aromatic heterocycles. The van der Waals surface area contributed by atoms with E-state index in [2.05, 4.69) is 5.32 Å². The van der Waals surface area contributed by atoms with Gasteiger partial charge < -0.3 is 14.8 Å². The van der Waals surface area contributed by atoms with Gasteiger partial charge in [-0.1, -0.05) is 18.2 Å². The van der Waals surface area contributed by atoms with Gasteiger partial charge in [-0.2, -0.15) is 0 Å². The fourth-order valence-corrected chi connectivity index (χ4v) is 3.06. The van der Waals surface area contributed by atoms with E-state index in [0.29, 0.717) is 23.6 Å². The molecule has 0 spiro atoms. The zero-order valence-corrected chi connectivity index (χ0v) is 17.0.